The third-order valence-corrected chi connectivity index (χ3v) is 4.40. The summed E-state index contributed by atoms with van der Waals surface area (Å²) >= 11 is 5.98. The average Bonchev–Trinajstić information content (AvgIpc) is 2.68. The largest absolute Gasteiger partial charge is 0.370 e. The molecule has 0 atom stereocenters. The maximum absolute atomic E-state index is 12.2. The predicted octanol–water partition coefficient (Wildman–Crippen LogP) is 5.19. The molecule has 0 bridgehead atoms. The molecule has 7 heteroatoms. The Kier molecular flexibility index (Phi) is 7.03. The highest BCUT2D eigenvalue weighted by Gasteiger charge is 2.05. The van der Waals surface area contributed by atoms with E-state index in [9.17, 15) is 4.79 Å². The SMILES string of the molecule is CCNc1cc(Nc2ccc(NC(=O)CCc3cccc(Cl)c3)cc2)nc(C)n1. The number of aryl methyl sites for hydroxylation is 2. The van der Waals surface area contributed by atoms with E-state index in [1.165, 1.54) is 0 Å². The highest BCUT2D eigenvalue weighted by Crippen LogP contribution is 2.20. The Labute approximate surface area is 175 Å². The third-order valence-electron chi connectivity index (χ3n) is 4.17. The van der Waals surface area contributed by atoms with Crippen LogP contribution in [0.25, 0.3) is 0 Å². The number of hydrogen-bond donors (Lipinski definition) is 3. The van der Waals surface area contributed by atoms with Gasteiger partial charge in [0.15, 0.2) is 0 Å². The van der Waals surface area contributed by atoms with E-state index in [0.717, 1.165) is 29.3 Å². The molecule has 2 aromatic carbocycles. The van der Waals surface area contributed by atoms with Gasteiger partial charge in [0.2, 0.25) is 5.91 Å². The van der Waals surface area contributed by atoms with Gasteiger partial charge in [0, 0.05) is 35.4 Å². The number of amides is 1. The lowest BCUT2D eigenvalue weighted by Gasteiger charge is -2.10. The molecule has 3 aromatic rings. The second kappa shape index (κ2) is 9.89. The van der Waals surface area contributed by atoms with Gasteiger partial charge in [-0.3, -0.25) is 4.79 Å². The van der Waals surface area contributed by atoms with Gasteiger partial charge in [-0.25, -0.2) is 9.97 Å². The highest BCUT2D eigenvalue weighted by molar-refractivity contribution is 6.30. The van der Waals surface area contributed by atoms with Gasteiger partial charge in [-0.05, 0) is 62.2 Å². The van der Waals surface area contributed by atoms with Gasteiger partial charge in [0.05, 0.1) is 0 Å². The average molecular weight is 410 g/mol. The van der Waals surface area contributed by atoms with Crippen molar-refractivity contribution in [1.82, 2.24) is 9.97 Å². The predicted molar refractivity (Wildman–Crippen MR) is 119 cm³/mol. The zero-order valence-corrected chi connectivity index (χ0v) is 17.3. The lowest BCUT2D eigenvalue weighted by atomic mass is 10.1. The molecule has 0 spiro atoms. The summed E-state index contributed by atoms with van der Waals surface area (Å²) in [5, 5.41) is 10.0. The van der Waals surface area contributed by atoms with Gasteiger partial charge < -0.3 is 16.0 Å². The summed E-state index contributed by atoms with van der Waals surface area (Å²) in [7, 11) is 0. The van der Waals surface area contributed by atoms with Crippen molar-refractivity contribution < 1.29 is 4.79 Å². The highest BCUT2D eigenvalue weighted by atomic mass is 35.5. The molecule has 1 heterocycles. The first-order valence-corrected chi connectivity index (χ1v) is 9.90. The molecule has 0 radical (unpaired) electrons. The van der Waals surface area contributed by atoms with Gasteiger partial charge in [-0.1, -0.05) is 23.7 Å². The maximum Gasteiger partial charge on any atom is 0.224 e. The second-order valence-corrected chi connectivity index (χ2v) is 7.03. The van der Waals surface area contributed by atoms with Gasteiger partial charge in [-0.15, -0.1) is 0 Å². The monoisotopic (exact) mass is 409 g/mol. The molecule has 0 unspecified atom stereocenters. The maximum atomic E-state index is 12.2. The molecule has 0 fully saturated rings. The van der Waals surface area contributed by atoms with Crippen LogP contribution < -0.4 is 16.0 Å². The van der Waals surface area contributed by atoms with E-state index in [1.54, 1.807) is 0 Å². The minimum absolute atomic E-state index is 0.0348. The van der Waals surface area contributed by atoms with E-state index in [-0.39, 0.29) is 5.91 Å². The summed E-state index contributed by atoms with van der Waals surface area (Å²) in [6, 6.07) is 16.9. The summed E-state index contributed by atoms with van der Waals surface area (Å²) in [5.41, 5.74) is 2.67. The molecule has 150 valence electrons. The Morgan fingerprint density at radius 1 is 1.00 bits per heavy atom. The summed E-state index contributed by atoms with van der Waals surface area (Å²) < 4.78 is 0. The summed E-state index contributed by atoms with van der Waals surface area (Å²) in [6.45, 7) is 4.67. The number of nitrogens with one attached hydrogen (secondary N) is 3. The lowest BCUT2D eigenvalue weighted by Crippen LogP contribution is -2.12. The topological polar surface area (TPSA) is 78.9 Å². The molecular weight excluding hydrogens is 386 g/mol. The van der Waals surface area contributed by atoms with Crippen LogP contribution in [0.15, 0.2) is 54.6 Å². The van der Waals surface area contributed by atoms with Crippen molar-refractivity contribution in [2.24, 2.45) is 0 Å². The van der Waals surface area contributed by atoms with E-state index in [0.29, 0.717) is 29.5 Å². The Hall–Kier alpha value is -3.12. The minimum Gasteiger partial charge on any atom is -0.370 e. The van der Waals surface area contributed by atoms with E-state index in [4.69, 9.17) is 11.6 Å². The van der Waals surface area contributed by atoms with E-state index in [1.807, 2.05) is 68.4 Å². The van der Waals surface area contributed by atoms with Gasteiger partial charge in [0.25, 0.3) is 0 Å². The first-order valence-electron chi connectivity index (χ1n) is 9.53. The molecule has 0 aliphatic carbocycles. The number of hydrogen-bond acceptors (Lipinski definition) is 5. The van der Waals surface area contributed by atoms with Crippen molar-refractivity contribution in [2.75, 3.05) is 22.5 Å². The van der Waals surface area contributed by atoms with Gasteiger partial charge in [0.1, 0.15) is 17.5 Å². The quantitative estimate of drug-likeness (QED) is 0.477. The van der Waals surface area contributed by atoms with E-state index >= 15 is 0 Å². The molecule has 1 aromatic heterocycles. The molecule has 29 heavy (non-hydrogen) atoms. The minimum atomic E-state index is -0.0348. The Bertz CT molecular complexity index is 975. The van der Waals surface area contributed by atoms with Gasteiger partial charge in [-0.2, -0.15) is 0 Å². The number of benzene rings is 2. The zero-order valence-electron chi connectivity index (χ0n) is 16.5. The fourth-order valence-electron chi connectivity index (χ4n) is 2.86. The molecule has 6 nitrogen and oxygen atoms in total. The van der Waals surface area contributed by atoms with Crippen molar-refractivity contribution in [3.8, 4) is 0 Å². The first-order chi connectivity index (χ1) is 14.0. The molecule has 0 aliphatic rings. The van der Waals surface area contributed by atoms with Crippen molar-refractivity contribution in [3.63, 3.8) is 0 Å². The van der Waals surface area contributed by atoms with Crippen LogP contribution in [-0.4, -0.2) is 22.4 Å². The van der Waals surface area contributed by atoms with Crippen molar-refractivity contribution in [2.45, 2.75) is 26.7 Å². The number of carbonyl (C=O) groups excluding carboxylic acids is 1. The normalized spacial score (nSPS) is 10.4. The summed E-state index contributed by atoms with van der Waals surface area (Å²) in [4.78, 5) is 20.9. The van der Waals surface area contributed by atoms with Crippen molar-refractivity contribution in [3.05, 3.63) is 71.0 Å². The van der Waals surface area contributed by atoms with Crippen molar-refractivity contribution in [1.29, 1.82) is 0 Å². The Morgan fingerprint density at radius 3 is 2.45 bits per heavy atom. The number of halogens is 1. The standard InChI is InChI=1S/C22H24ClN5O/c1-3-24-20-14-21(26-15(2)25-20)27-18-8-10-19(11-9-18)28-22(29)12-7-16-5-4-6-17(23)13-16/h4-6,8-11,13-14H,3,7,12H2,1-2H3,(H,28,29)(H2,24,25,26,27). The summed E-state index contributed by atoms with van der Waals surface area (Å²) in [6.07, 6.45) is 1.04. The van der Waals surface area contributed by atoms with Crippen LogP contribution in [0, 0.1) is 6.92 Å². The molecule has 0 saturated carbocycles. The molecule has 0 saturated heterocycles. The number of carbonyl (C=O) groups is 1. The molecule has 3 rings (SSSR count). The van der Waals surface area contributed by atoms with Crippen LogP contribution in [0.1, 0.15) is 24.7 Å². The number of aromatic nitrogens is 2. The number of anilines is 4. The van der Waals surface area contributed by atoms with Crippen LogP contribution in [0.5, 0.6) is 0 Å². The van der Waals surface area contributed by atoms with Crippen LogP contribution in [-0.2, 0) is 11.2 Å². The first kappa shape index (κ1) is 20.6. The van der Waals surface area contributed by atoms with Gasteiger partial charge >= 0.3 is 0 Å². The smallest absolute Gasteiger partial charge is 0.224 e. The Balaban J connectivity index is 1.55. The van der Waals surface area contributed by atoms with E-state index < -0.39 is 0 Å². The van der Waals surface area contributed by atoms with Crippen LogP contribution in [0.4, 0.5) is 23.0 Å². The van der Waals surface area contributed by atoms with Crippen LogP contribution in [0.2, 0.25) is 5.02 Å². The molecule has 1 amide bonds. The van der Waals surface area contributed by atoms with Crippen LogP contribution >= 0.6 is 11.6 Å². The fraction of sp³-hybridized carbons (Fsp3) is 0.227. The van der Waals surface area contributed by atoms with Crippen molar-refractivity contribution >= 4 is 40.5 Å². The zero-order chi connectivity index (χ0) is 20.6. The fourth-order valence-corrected chi connectivity index (χ4v) is 3.07. The molecule has 0 aliphatic heterocycles. The summed E-state index contributed by atoms with van der Waals surface area (Å²) in [5.74, 6) is 2.15. The third kappa shape index (κ3) is 6.47. The molecular formula is C22H24ClN5O. The van der Waals surface area contributed by atoms with E-state index in [2.05, 4.69) is 25.9 Å². The van der Waals surface area contributed by atoms with Crippen LogP contribution in [0.3, 0.4) is 0 Å². The Morgan fingerprint density at radius 2 is 1.72 bits per heavy atom. The molecule has 3 N–H and O–H groups in total. The second-order valence-electron chi connectivity index (χ2n) is 6.60. The lowest BCUT2D eigenvalue weighted by molar-refractivity contribution is -0.116. The number of nitrogens with zero attached hydrogens (tertiary/aromatic N) is 2. The number of rotatable bonds is 8.